The molecule has 0 saturated carbocycles. The highest BCUT2D eigenvalue weighted by molar-refractivity contribution is 7.13. The van der Waals surface area contributed by atoms with E-state index in [9.17, 15) is 9.59 Å². The largest absolute Gasteiger partial charge is 0.479 e. The minimum atomic E-state index is -0.589. The molecule has 154 valence electrons. The maximum atomic E-state index is 12.5. The first-order valence-electron chi connectivity index (χ1n) is 9.45. The lowest BCUT2D eigenvalue weighted by Gasteiger charge is -2.32. The van der Waals surface area contributed by atoms with Crippen molar-refractivity contribution in [3.8, 4) is 16.3 Å². The SMILES string of the molecule is CC1Oc2ccccc2N(CCC(=O)OCc2csc(-c3ccccc3Cl)n2)C1=O. The number of fused-ring (bicyclic) bond motifs is 1. The average molecular weight is 443 g/mol. The Bertz CT molecular complexity index is 1080. The molecule has 30 heavy (non-hydrogen) atoms. The van der Waals surface area contributed by atoms with Crippen molar-refractivity contribution in [2.75, 3.05) is 11.4 Å². The molecule has 0 N–H and O–H groups in total. The van der Waals surface area contributed by atoms with Gasteiger partial charge in [-0.15, -0.1) is 11.3 Å². The number of carbonyl (C=O) groups excluding carboxylic acids is 2. The Kier molecular flexibility index (Phi) is 6.01. The summed E-state index contributed by atoms with van der Waals surface area (Å²) in [6, 6.07) is 14.8. The van der Waals surface area contributed by atoms with Gasteiger partial charge < -0.3 is 14.4 Å². The van der Waals surface area contributed by atoms with E-state index in [0.29, 0.717) is 22.2 Å². The van der Waals surface area contributed by atoms with Gasteiger partial charge in [0.2, 0.25) is 0 Å². The lowest BCUT2D eigenvalue weighted by molar-refractivity contribution is -0.144. The summed E-state index contributed by atoms with van der Waals surface area (Å²) in [6.07, 6.45) is -0.511. The zero-order chi connectivity index (χ0) is 21.1. The third-order valence-electron chi connectivity index (χ3n) is 4.65. The summed E-state index contributed by atoms with van der Waals surface area (Å²) >= 11 is 7.65. The molecule has 3 aromatic rings. The summed E-state index contributed by atoms with van der Waals surface area (Å²) in [6.45, 7) is 2.00. The van der Waals surface area contributed by atoms with Crippen molar-refractivity contribution in [1.82, 2.24) is 4.98 Å². The van der Waals surface area contributed by atoms with Gasteiger partial charge in [0.1, 0.15) is 17.4 Å². The first-order chi connectivity index (χ1) is 14.5. The molecule has 2 heterocycles. The number of esters is 1. The fourth-order valence-corrected chi connectivity index (χ4v) is 4.28. The van der Waals surface area contributed by atoms with Crippen molar-refractivity contribution in [2.45, 2.75) is 26.1 Å². The molecular weight excluding hydrogens is 424 g/mol. The second kappa shape index (κ2) is 8.85. The molecule has 6 nitrogen and oxygen atoms in total. The molecule has 4 rings (SSSR count). The van der Waals surface area contributed by atoms with Crippen LogP contribution in [0.25, 0.3) is 10.6 Å². The topological polar surface area (TPSA) is 68.7 Å². The average Bonchev–Trinajstić information content (AvgIpc) is 3.22. The van der Waals surface area contributed by atoms with E-state index in [-0.39, 0.29) is 25.5 Å². The first kappa shape index (κ1) is 20.4. The lowest BCUT2D eigenvalue weighted by atomic mass is 10.2. The summed E-state index contributed by atoms with van der Waals surface area (Å²) in [4.78, 5) is 30.8. The molecule has 0 spiro atoms. The fourth-order valence-electron chi connectivity index (χ4n) is 3.15. The standard InChI is InChI=1S/C22H19ClN2O4S/c1-14-22(27)25(18-8-4-5-9-19(18)29-14)11-10-20(26)28-12-15-13-30-21(24-15)16-6-2-3-7-17(16)23/h2-9,13-14H,10-12H2,1H3. The van der Waals surface area contributed by atoms with Crippen molar-refractivity contribution in [1.29, 1.82) is 0 Å². The molecule has 1 aliphatic heterocycles. The Balaban J connectivity index is 1.34. The van der Waals surface area contributed by atoms with Crippen LogP contribution in [0.3, 0.4) is 0 Å². The zero-order valence-electron chi connectivity index (χ0n) is 16.2. The smallest absolute Gasteiger partial charge is 0.307 e. The van der Waals surface area contributed by atoms with Gasteiger partial charge in [0.05, 0.1) is 22.8 Å². The molecular formula is C22H19ClN2O4S. The van der Waals surface area contributed by atoms with E-state index in [4.69, 9.17) is 21.1 Å². The first-order valence-corrected chi connectivity index (χ1v) is 10.7. The van der Waals surface area contributed by atoms with E-state index in [1.807, 2.05) is 47.8 Å². The van der Waals surface area contributed by atoms with E-state index < -0.39 is 12.1 Å². The van der Waals surface area contributed by atoms with Crippen molar-refractivity contribution in [2.24, 2.45) is 0 Å². The fraction of sp³-hybridized carbons (Fsp3) is 0.227. The Morgan fingerprint density at radius 3 is 2.83 bits per heavy atom. The van der Waals surface area contributed by atoms with Crippen molar-refractivity contribution in [3.63, 3.8) is 0 Å². The maximum Gasteiger partial charge on any atom is 0.307 e. The third kappa shape index (κ3) is 4.32. The highest BCUT2D eigenvalue weighted by atomic mass is 35.5. The minimum absolute atomic E-state index is 0.0732. The van der Waals surface area contributed by atoms with E-state index in [0.717, 1.165) is 10.6 Å². The van der Waals surface area contributed by atoms with Gasteiger partial charge in [0.15, 0.2) is 6.10 Å². The number of benzene rings is 2. The monoisotopic (exact) mass is 442 g/mol. The molecule has 0 saturated heterocycles. The van der Waals surface area contributed by atoms with Crippen molar-refractivity contribution >= 4 is 40.5 Å². The van der Waals surface area contributed by atoms with Gasteiger partial charge in [-0.05, 0) is 25.1 Å². The van der Waals surface area contributed by atoms with E-state index in [2.05, 4.69) is 4.98 Å². The van der Waals surface area contributed by atoms with Gasteiger partial charge in [-0.25, -0.2) is 4.98 Å². The van der Waals surface area contributed by atoms with Crippen LogP contribution in [0.15, 0.2) is 53.9 Å². The Labute approximate surface area is 183 Å². The second-order valence-corrected chi connectivity index (χ2v) is 8.02. The van der Waals surface area contributed by atoms with Gasteiger partial charge in [0.25, 0.3) is 5.91 Å². The Morgan fingerprint density at radius 2 is 2.00 bits per heavy atom. The normalized spacial score (nSPS) is 15.5. The maximum absolute atomic E-state index is 12.5. The van der Waals surface area contributed by atoms with Crippen LogP contribution in [0.1, 0.15) is 19.0 Å². The zero-order valence-corrected chi connectivity index (χ0v) is 17.8. The van der Waals surface area contributed by atoms with Crippen LogP contribution in [0, 0.1) is 0 Å². The van der Waals surface area contributed by atoms with Gasteiger partial charge in [0, 0.05) is 17.5 Å². The number of nitrogens with zero attached hydrogens (tertiary/aromatic N) is 2. The summed E-state index contributed by atoms with van der Waals surface area (Å²) in [5.74, 6) is 0.0599. The highest BCUT2D eigenvalue weighted by Crippen LogP contribution is 2.34. The molecule has 0 bridgehead atoms. The number of thiazole rings is 1. The van der Waals surface area contributed by atoms with Crippen LogP contribution in [0.2, 0.25) is 5.02 Å². The molecule has 1 unspecified atom stereocenters. The number of anilines is 1. The Hall–Kier alpha value is -2.90. The summed E-state index contributed by atoms with van der Waals surface area (Å²) < 4.78 is 11.0. The summed E-state index contributed by atoms with van der Waals surface area (Å²) in [5.41, 5.74) is 2.17. The molecule has 0 fully saturated rings. The van der Waals surface area contributed by atoms with E-state index in [1.54, 1.807) is 17.9 Å². The summed E-state index contributed by atoms with van der Waals surface area (Å²) in [7, 11) is 0. The minimum Gasteiger partial charge on any atom is -0.479 e. The Morgan fingerprint density at radius 1 is 1.23 bits per heavy atom. The van der Waals surface area contributed by atoms with Crippen molar-refractivity contribution in [3.05, 3.63) is 64.6 Å². The van der Waals surface area contributed by atoms with E-state index in [1.165, 1.54) is 11.3 Å². The van der Waals surface area contributed by atoms with Crippen LogP contribution >= 0.6 is 22.9 Å². The number of para-hydroxylation sites is 2. The van der Waals surface area contributed by atoms with Gasteiger partial charge in [-0.1, -0.05) is 41.9 Å². The molecule has 1 aromatic heterocycles. The predicted octanol–water partition coefficient (Wildman–Crippen LogP) is 4.71. The van der Waals surface area contributed by atoms with E-state index >= 15 is 0 Å². The quantitative estimate of drug-likeness (QED) is 0.517. The van der Waals surface area contributed by atoms with Gasteiger partial charge in [-0.2, -0.15) is 0 Å². The number of ether oxygens (including phenoxy) is 2. The van der Waals surface area contributed by atoms with Crippen LogP contribution in [0.5, 0.6) is 5.75 Å². The number of hydrogen-bond donors (Lipinski definition) is 0. The predicted molar refractivity (Wildman–Crippen MR) is 116 cm³/mol. The molecule has 1 aliphatic rings. The van der Waals surface area contributed by atoms with Crippen LogP contribution in [-0.2, 0) is 20.9 Å². The molecule has 1 atom stereocenters. The number of amides is 1. The number of rotatable bonds is 6. The van der Waals surface area contributed by atoms with Gasteiger partial charge >= 0.3 is 5.97 Å². The lowest BCUT2D eigenvalue weighted by Crippen LogP contribution is -2.45. The second-order valence-electron chi connectivity index (χ2n) is 6.75. The third-order valence-corrected chi connectivity index (χ3v) is 5.90. The number of aromatic nitrogens is 1. The highest BCUT2D eigenvalue weighted by Gasteiger charge is 2.31. The number of halogens is 1. The molecule has 8 heteroatoms. The van der Waals surface area contributed by atoms with Crippen LogP contribution in [-0.4, -0.2) is 29.5 Å². The molecule has 1 amide bonds. The number of hydrogen-bond acceptors (Lipinski definition) is 6. The number of carbonyl (C=O) groups is 2. The van der Waals surface area contributed by atoms with Gasteiger partial charge in [-0.3, -0.25) is 9.59 Å². The molecule has 0 aliphatic carbocycles. The van der Waals surface area contributed by atoms with Crippen molar-refractivity contribution < 1.29 is 19.1 Å². The summed E-state index contributed by atoms with van der Waals surface area (Å²) in [5, 5.41) is 3.24. The molecule has 2 aromatic carbocycles. The molecule has 0 radical (unpaired) electrons. The van der Waals surface area contributed by atoms with Crippen LogP contribution < -0.4 is 9.64 Å². The van der Waals surface area contributed by atoms with Crippen LogP contribution in [0.4, 0.5) is 5.69 Å².